The molecule has 1 amide bonds. The van der Waals surface area contributed by atoms with E-state index in [0.717, 1.165) is 57.6 Å². The lowest BCUT2D eigenvalue weighted by Gasteiger charge is -2.31. The summed E-state index contributed by atoms with van der Waals surface area (Å²) in [6.07, 6.45) is 4.68. The van der Waals surface area contributed by atoms with E-state index < -0.39 is 0 Å². The van der Waals surface area contributed by atoms with Crippen LogP contribution in [0.5, 0.6) is 0 Å². The number of nitrogens with zero attached hydrogens (tertiary/aromatic N) is 3. The zero-order valence-corrected chi connectivity index (χ0v) is 15.0. The summed E-state index contributed by atoms with van der Waals surface area (Å²) in [4.78, 5) is 14.3. The Bertz CT molecular complexity index is 543. The first-order chi connectivity index (χ1) is 11.6. The van der Waals surface area contributed by atoms with Gasteiger partial charge in [-0.2, -0.15) is 5.10 Å². The number of rotatable bonds is 6. The van der Waals surface area contributed by atoms with Crippen LogP contribution < -0.4 is 5.32 Å². The Hall–Kier alpha value is -1.40. The number of ether oxygens (including phenoxy) is 1. The van der Waals surface area contributed by atoms with Crippen molar-refractivity contribution in [3.05, 3.63) is 17.5 Å². The molecule has 2 saturated heterocycles. The van der Waals surface area contributed by atoms with E-state index in [2.05, 4.69) is 33.0 Å². The van der Waals surface area contributed by atoms with Crippen molar-refractivity contribution in [2.24, 2.45) is 5.92 Å². The summed E-state index contributed by atoms with van der Waals surface area (Å²) in [6.45, 7) is 9.16. The van der Waals surface area contributed by atoms with Crippen molar-refractivity contribution < 1.29 is 9.53 Å². The quantitative estimate of drug-likeness (QED) is 0.857. The maximum atomic E-state index is 12.1. The highest BCUT2D eigenvalue weighted by Gasteiger charge is 2.22. The molecule has 0 saturated carbocycles. The van der Waals surface area contributed by atoms with Gasteiger partial charge in [0, 0.05) is 25.4 Å². The lowest BCUT2D eigenvalue weighted by molar-refractivity contribution is -0.123. The molecule has 1 aromatic heterocycles. The summed E-state index contributed by atoms with van der Waals surface area (Å²) in [5.74, 6) is 0.789. The molecule has 3 rings (SSSR count). The number of aryl methyl sites for hydroxylation is 2. The SMILES string of the molecule is Cc1cc(C)n(CC2CCN(CC(=O)NCC3CCCO3)CC2)n1. The molecule has 2 aliphatic rings. The maximum Gasteiger partial charge on any atom is 0.234 e. The number of nitrogens with one attached hydrogen (secondary N) is 1. The molecule has 0 bridgehead atoms. The fraction of sp³-hybridized carbons (Fsp3) is 0.778. The third kappa shape index (κ3) is 4.80. The van der Waals surface area contributed by atoms with Gasteiger partial charge in [0.25, 0.3) is 0 Å². The molecule has 6 heteroatoms. The first-order valence-corrected chi connectivity index (χ1v) is 9.22. The number of likely N-dealkylation sites (tertiary alicyclic amines) is 1. The minimum Gasteiger partial charge on any atom is -0.376 e. The van der Waals surface area contributed by atoms with Crippen molar-refractivity contribution >= 4 is 5.91 Å². The van der Waals surface area contributed by atoms with Gasteiger partial charge in [-0.1, -0.05) is 0 Å². The third-order valence-corrected chi connectivity index (χ3v) is 5.16. The van der Waals surface area contributed by atoms with Crippen molar-refractivity contribution in [2.75, 3.05) is 32.8 Å². The van der Waals surface area contributed by atoms with Crippen LogP contribution in [0.1, 0.15) is 37.1 Å². The van der Waals surface area contributed by atoms with Gasteiger partial charge in [0.15, 0.2) is 0 Å². The molecule has 6 nitrogen and oxygen atoms in total. The van der Waals surface area contributed by atoms with E-state index in [9.17, 15) is 4.79 Å². The molecule has 0 aliphatic carbocycles. The lowest BCUT2D eigenvalue weighted by Crippen LogP contribution is -2.43. The predicted molar refractivity (Wildman–Crippen MR) is 92.8 cm³/mol. The number of carbonyl (C=O) groups is 1. The van der Waals surface area contributed by atoms with Crippen molar-refractivity contribution in [1.29, 1.82) is 0 Å². The summed E-state index contributed by atoms with van der Waals surface area (Å²) in [5, 5.41) is 7.57. The highest BCUT2D eigenvalue weighted by molar-refractivity contribution is 5.78. The van der Waals surface area contributed by atoms with Gasteiger partial charge in [-0.25, -0.2) is 0 Å². The highest BCUT2D eigenvalue weighted by Crippen LogP contribution is 2.19. The Morgan fingerprint density at radius 2 is 2.12 bits per heavy atom. The van der Waals surface area contributed by atoms with Crippen LogP contribution in [0.3, 0.4) is 0 Å². The Labute approximate surface area is 144 Å². The minimum absolute atomic E-state index is 0.127. The van der Waals surface area contributed by atoms with Crippen LogP contribution in [0, 0.1) is 19.8 Å². The largest absolute Gasteiger partial charge is 0.376 e. The number of amides is 1. The molecular formula is C18H30N4O2. The molecule has 1 unspecified atom stereocenters. The molecule has 0 spiro atoms. The van der Waals surface area contributed by atoms with Crippen LogP contribution in [0.25, 0.3) is 0 Å². The Morgan fingerprint density at radius 1 is 1.33 bits per heavy atom. The molecule has 0 radical (unpaired) electrons. The molecule has 2 fully saturated rings. The average molecular weight is 334 g/mol. The minimum atomic E-state index is 0.127. The smallest absolute Gasteiger partial charge is 0.234 e. The second-order valence-corrected chi connectivity index (χ2v) is 7.27. The average Bonchev–Trinajstić information content (AvgIpc) is 3.17. The van der Waals surface area contributed by atoms with Crippen LogP contribution in [0.15, 0.2) is 6.07 Å². The molecule has 0 aromatic carbocycles. The molecule has 1 atom stereocenters. The van der Waals surface area contributed by atoms with Crippen LogP contribution in [-0.4, -0.2) is 59.5 Å². The standard InChI is InChI=1S/C18H30N4O2/c1-14-10-15(2)22(20-14)12-16-5-7-21(8-6-16)13-18(23)19-11-17-4-3-9-24-17/h10,16-17H,3-9,11-13H2,1-2H3,(H,19,23). The summed E-state index contributed by atoms with van der Waals surface area (Å²) in [5.41, 5.74) is 2.33. The van der Waals surface area contributed by atoms with Gasteiger partial charge in [0.2, 0.25) is 5.91 Å². The summed E-state index contributed by atoms with van der Waals surface area (Å²) in [7, 11) is 0. The summed E-state index contributed by atoms with van der Waals surface area (Å²) >= 11 is 0. The van der Waals surface area contributed by atoms with Crippen LogP contribution in [0.4, 0.5) is 0 Å². The van der Waals surface area contributed by atoms with Crippen molar-refractivity contribution in [1.82, 2.24) is 20.0 Å². The van der Waals surface area contributed by atoms with E-state index in [0.29, 0.717) is 19.0 Å². The monoisotopic (exact) mass is 334 g/mol. The number of piperidine rings is 1. The second-order valence-electron chi connectivity index (χ2n) is 7.27. The van der Waals surface area contributed by atoms with Gasteiger partial charge in [0.05, 0.1) is 18.3 Å². The van der Waals surface area contributed by atoms with Gasteiger partial charge >= 0.3 is 0 Å². The van der Waals surface area contributed by atoms with Crippen molar-refractivity contribution in [3.63, 3.8) is 0 Å². The number of carbonyl (C=O) groups excluding carboxylic acids is 1. The Morgan fingerprint density at radius 3 is 2.75 bits per heavy atom. The van der Waals surface area contributed by atoms with Crippen LogP contribution in [-0.2, 0) is 16.1 Å². The van der Waals surface area contributed by atoms with E-state index in [4.69, 9.17) is 4.74 Å². The molecule has 2 aliphatic heterocycles. The topological polar surface area (TPSA) is 59.4 Å². The predicted octanol–water partition coefficient (Wildman–Crippen LogP) is 1.51. The van der Waals surface area contributed by atoms with Crippen molar-refractivity contribution in [3.8, 4) is 0 Å². The van der Waals surface area contributed by atoms with Gasteiger partial charge in [-0.05, 0) is 64.6 Å². The molecule has 1 N–H and O–H groups in total. The first-order valence-electron chi connectivity index (χ1n) is 9.22. The molecule has 134 valence electrons. The normalized spacial score (nSPS) is 22.8. The lowest BCUT2D eigenvalue weighted by atomic mass is 9.97. The van der Waals surface area contributed by atoms with Gasteiger partial charge < -0.3 is 10.1 Å². The van der Waals surface area contributed by atoms with Crippen LogP contribution in [0.2, 0.25) is 0 Å². The van der Waals surface area contributed by atoms with Gasteiger partial charge in [-0.15, -0.1) is 0 Å². The van der Waals surface area contributed by atoms with Crippen molar-refractivity contribution in [2.45, 2.75) is 52.2 Å². The maximum absolute atomic E-state index is 12.1. The van der Waals surface area contributed by atoms with Crippen LogP contribution >= 0.6 is 0 Å². The zero-order valence-electron chi connectivity index (χ0n) is 15.0. The number of hydrogen-bond donors (Lipinski definition) is 1. The first kappa shape index (κ1) is 17.4. The summed E-state index contributed by atoms with van der Waals surface area (Å²) < 4.78 is 7.67. The van der Waals surface area contributed by atoms with E-state index >= 15 is 0 Å². The number of aromatic nitrogens is 2. The van der Waals surface area contributed by atoms with Gasteiger partial charge in [-0.3, -0.25) is 14.4 Å². The molecule has 24 heavy (non-hydrogen) atoms. The zero-order chi connectivity index (χ0) is 16.9. The second kappa shape index (κ2) is 8.12. The summed E-state index contributed by atoms with van der Waals surface area (Å²) in [6, 6.07) is 2.13. The molecule has 3 heterocycles. The fourth-order valence-corrected chi connectivity index (χ4v) is 3.72. The Balaban J connectivity index is 1.35. The van der Waals surface area contributed by atoms with Gasteiger partial charge in [0.1, 0.15) is 0 Å². The highest BCUT2D eigenvalue weighted by atomic mass is 16.5. The van der Waals surface area contributed by atoms with E-state index in [1.165, 1.54) is 5.69 Å². The Kier molecular flexibility index (Phi) is 5.89. The van der Waals surface area contributed by atoms with E-state index in [1.807, 2.05) is 6.92 Å². The fourth-order valence-electron chi connectivity index (χ4n) is 3.72. The third-order valence-electron chi connectivity index (χ3n) is 5.16. The number of hydrogen-bond acceptors (Lipinski definition) is 4. The van der Waals surface area contributed by atoms with E-state index in [-0.39, 0.29) is 12.0 Å². The van der Waals surface area contributed by atoms with E-state index in [1.54, 1.807) is 0 Å². The molecule has 1 aromatic rings. The molecular weight excluding hydrogens is 304 g/mol.